The van der Waals surface area contributed by atoms with Crippen LogP contribution in [0.5, 0.6) is 5.75 Å². The van der Waals surface area contributed by atoms with Crippen molar-refractivity contribution in [2.75, 3.05) is 40.9 Å². The van der Waals surface area contributed by atoms with Gasteiger partial charge in [-0.15, -0.1) is 0 Å². The van der Waals surface area contributed by atoms with Crippen LogP contribution in [-0.2, 0) is 25.7 Å². The van der Waals surface area contributed by atoms with Gasteiger partial charge in [0.25, 0.3) is 0 Å². The van der Waals surface area contributed by atoms with E-state index in [1.807, 2.05) is 0 Å². The summed E-state index contributed by atoms with van der Waals surface area (Å²) in [6, 6.07) is 3.75. The van der Waals surface area contributed by atoms with Gasteiger partial charge in [0, 0.05) is 26.7 Å². The first-order valence-electron chi connectivity index (χ1n) is 8.50. The average molecular weight is 381 g/mol. The van der Waals surface area contributed by atoms with E-state index in [-0.39, 0.29) is 37.1 Å². The Kier molecular flexibility index (Phi) is 7.12. The third-order valence-corrected chi connectivity index (χ3v) is 4.43. The fraction of sp³-hybridized carbons (Fsp3) is 0.500. The third-order valence-electron chi connectivity index (χ3n) is 4.43. The largest absolute Gasteiger partial charge is 0.494 e. The zero-order chi connectivity index (χ0) is 20.0. The minimum Gasteiger partial charge on any atom is -0.494 e. The van der Waals surface area contributed by atoms with Crippen LogP contribution < -0.4 is 10.1 Å². The molecule has 1 aliphatic rings. The Bertz CT molecular complexity index is 712. The van der Waals surface area contributed by atoms with Crippen molar-refractivity contribution in [3.8, 4) is 5.75 Å². The van der Waals surface area contributed by atoms with Gasteiger partial charge in [-0.3, -0.25) is 19.3 Å². The molecule has 148 valence electrons. The first-order chi connectivity index (χ1) is 12.8. The highest BCUT2D eigenvalue weighted by atomic mass is 19.1. The van der Waals surface area contributed by atoms with Crippen molar-refractivity contribution >= 4 is 17.8 Å². The minimum atomic E-state index is -0.748. The van der Waals surface area contributed by atoms with Crippen LogP contribution in [0.1, 0.15) is 12.0 Å². The summed E-state index contributed by atoms with van der Waals surface area (Å²) in [5.74, 6) is -1.42. The van der Waals surface area contributed by atoms with Crippen molar-refractivity contribution in [2.45, 2.75) is 19.0 Å². The van der Waals surface area contributed by atoms with Gasteiger partial charge < -0.3 is 19.7 Å². The van der Waals surface area contributed by atoms with Crippen LogP contribution in [-0.4, -0.2) is 74.5 Å². The second-order valence-corrected chi connectivity index (χ2v) is 6.28. The lowest BCUT2D eigenvalue weighted by atomic mass is 10.1. The van der Waals surface area contributed by atoms with Crippen LogP contribution in [0.25, 0.3) is 0 Å². The van der Waals surface area contributed by atoms with Gasteiger partial charge in [0.05, 0.1) is 27.2 Å². The summed E-state index contributed by atoms with van der Waals surface area (Å²) in [6.07, 6.45) is -0.122. The second kappa shape index (κ2) is 9.31. The number of piperazine rings is 1. The second-order valence-electron chi connectivity index (χ2n) is 6.28. The monoisotopic (exact) mass is 381 g/mol. The van der Waals surface area contributed by atoms with Gasteiger partial charge in [0.1, 0.15) is 6.04 Å². The number of rotatable bonds is 7. The predicted molar refractivity (Wildman–Crippen MR) is 94.4 cm³/mol. The van der Waals surface area contributed by atoms with E-state index in [4.69, 9.17) is 4.74 Å². The van der Waals surface area contributed by atoms with Crippen LogP contribution in [0.3, 0.4) is 0 Å². The van der Waals surface area contributed by atoms with Gasteiger partial charge >= 0.3 is 5.97 Å². The number of methoxy groups -OCH3 is 2. The lowest BCUT2D eigenvalue weighted by molar-refractivity contribution is -0.147. The summed E-state index contributed by atoms with van der Waals surface area (Å²) in [4.78, 5) is 39.3. The molecule has 1 saturated heterocycles. The normalized spacial score (nSPS) is 17.2. The Morgan fingerprint density at radius 2 is 2.11 bits per heavy atom. The summed E-state index contributed by atoms with van der Waals surface area (Å²) in [7, 11) is 4.23. The molecule has 0 bridgehead atoms. The van der Waals surface area contributed by atoms with Gasteiger partial charge in [0.15, 0.2) is 11.6 Å². The lowest BCUT2D eigenvalue weighted by Crippen LogP contribution is -2.58. The van der Waals surface area contributed by atoms with Crippen molar-refractivity contribution < 1.29 is 28.2 Å². The lowest BCUT2D eigenvalue weighted by Gasteiger charge is -2.34. The molecule has 1 aromatic rings. The average Bonchev–Trinajstić information content (AvgIpc) is 2.64. The number of carbonyl (C=O) groups excluding carboxylic acids is 3. The van der Waals surface area contributed by atoms with E-state index >= 15 is 0 Å². The first kappa shape index (κ1) is 20.6. The standard InChI is InChI=1S/C18H24FN3O5/c1-21(10-12-4-5-15(26-2)13(19)8-12)16(23)11-22-7-6-20-18(25)14(22)9-17(24)27-3/h4-5,8,14H,6-7,9-11H2,1-3H3,(H,20,25). The number of hydrogen-bond donors (Lipinski definition) is 1. The minimum absolute atomic E-state index is 0.0236. The molecule has 9 heteroatoms. The van der Waals surface area contributed by atoms with Crippen LogP contribution in [0.2, 0.25) is 0 Å². The van der Waals surface area contributed by atoms with E-state index in [9.17, 15) is 18.8 Å². The first-order valence-corrected chi connectivity index (χ1v) is 8.50. The molecule has 1 aromatic carbocycles. The molecular weight excluding hydrogens is 357 g/mol. The Morgan fingerprint density at radius 1 is 1.37 bits per heavy atom. The zero-order valence-corrected chi connectivity index (χ0v) is 15.7. The van der Waals surface area contributed by atoms with Gasteiger partial charge in [-0.05, 0) is 17.7 Å². The maximum Gasteiger partial charge on any atom is 0.307 e. The highest BCUT2D eigenvalue weighted by molar-refractivity contribution is 5.88. The molecular formula is C18H24FN3O5. The van der Waals surface area contributed by atoms with E-state index in [1.165, 1.54) is 31.3 Å². The van der Waals surface area contributed by atoms with E-state index in [2.05, 4.69) is 10.1 Å². The van der Waals surface area contributed by atoms with E-state index in [0.717, 1.165) is 0 Å². The van der Waals surface area contributed by atoms with Crippen molar-refractivity contribution in [1.82, 2.24) is 15.1 Å². The summed E-state index contributed by atoms with van der Waals surface area (Å²) in [5, 5.41) is 2.68. The smallest absolute Gasteiger partial charge is 0.307 e. The molecule has 1 N–H and O–H groups in total. The molecule has 1 aliphatic heterocycles. The molecule has 2 amide bonds. The van der Waals surface area contributed by atoms with Gasteiger partial charge in [0.2, 0.25) is 11.8 Å². The van der Waals surface area contributed by atoms with Crippen molar-refractivity contribution in [3.63, 3.8) is 0 Å². The number of carbonyl (C=O) groups is 3. The molecule has 0 radical (unpaired) electrons. The van der Waals surface area contributed by atoms with Crippen LogP contribution in [0.4, 0.5) is 4.39 Å². The van der Waals surface area contributed by atoms with Gasteiger partial charge in [-0.2, -0.15) is 0 Å². The Labute approximate surface area is 157 Å². The number of likely N-dealkylation sites (N-methyl/N-ethyl adjacent to an activating group) is 1. The predicted octanol–water partition coefficient (Wildman–Crippen LogP) is 0.156. The molecule has 1 unspecified atom stereocenters. The Hall–Kier alpha value is -2.68. The fourth-order valence-electron chi connectivity index (χ4n) is 2.88. The number of ether oxygens (including phenoxy) is 2. The maximum atomic E-state index is 13.8. The number of nitrogens with zero attached hydrogens (tertiary/aromatic N) is 2. The van der Waals surface area contributed by atoms with E-state index in [0.29, 0.717) is 18.7 Å². The Morgan fingerprint density at radius 3 is 2.74 bits per heavy atom. The maximum absolute atomic E-state index is 13.8. The molecule has 8 nitrogen and oxygen atoms in total. The summed E-state index contributed by atoms with van der Waals surface area (Å²) < 4.78 is 23.3. The summed E-state index contributed by atoms with van der Waals surface area (Å²) >= 11 is 0. The SMILES string of the molecule is COC(=O)CC1C(=O)NCCN1CC(=O)N(C)Cc1ccc(OC)c(F)c1. The highest BCUT2D eigenvalue weighted by Gasteiger charge is 2.33. The zero-order valence-electron chi connectivity index (χ0n) is 15.7. The molecule has 2 rings (SSSR count). The molecule has 1 heterocycles. The molecule has 0 aromatic heterocycles. The van der Waals surface area contributed by atoms with Crippen LogP contribution in [0.15, 0.2) is 18.2 Å². The van der Waals surface area contributed by atoms with Crippen molar-refractivity contribution in [3.05, 3.63) is 29.6 Å². The fourth-order valence-corrected chi connectivity index (χ4v) is 2.88. The van der Waals surface area contributed by atoms with Crippen molar-refractivity contribution in [1.29, 1.82) is 0 Å². The molecule has 0 spiro atoms. The molecule has 1 atom stereocenters. The quantitative estimate of drug-likeness (QED) is 0.677. The van der Waals surface area contributed by atoms with Gasteiger partial charge in [-0.25, -0.2) is 4.39 Å². The topological polar surface area (TPSA) is 88.2 Å². The molecule has 1 fully saturated rings. The number of hydrogen-bond acceptors (Lipinski definition) is 6. The number of esters is 1. The van der Waals surface area contributed by atoms with E-state index in [1.54, 1.807) is 18.0 Å². The summed E-state index contributed by atoms with van der Waals surface area (Å²) in [5.41, 5.74) is 0.617. The Balaban J connectivity index is 2.00. The molecule has 27 heavy (non-hydrogen) atoms. The number of benzene rings is 1. The third kappa shape index (κ3) is 5.40. The molecule has 0 aliphatic carbocycles. The highest BCUT2D eigenvalue weighted by Crippen LogP contribution is 2.18. The van der Waals surface area contributed by atoms with Crippen LogP contribution >= 0.6 is 0 Å². The number of halogens is 1. The van der Waals surface area contributed by atoms with Crippen molar-refractivity contribution in [2.24, 2.45) is 0 Å². The van der Waals surface area contributed by atoms with Gasteiger partial charge in [-0.1, -0.05) is 6.07 Å². The van der Waals surface area contributed by atoms with Crippen LogP contribution in [0, 0.1) is 5.82 Å². The number of nitrogens with one attached hydrogen (secondary N) is 1. The summed E-state index contributed by atoms with van der Waals surface area (Å²) in [6.45, 7) is 1.03. The van der Waals surface area contributed by atoms with E-state index < -0.39 is 17.8 Å². The number of amides is 2. The molecule has 0 saturated carbocycles.